The highest BCUT2D eigenvalue weighted by molar-refractivity contribution is 7.13. The zero-order chi connectivity index (χ0) is 12.4. The van der Waals surface area contributed by atoms with Crippen LogP contribution < -0.4 is 5.32 Å². The van der Waals surface area contributed by atoms with Crippen LogP contribution >= 0.6 is 34.5 Å². The van der Waals surface area contributed by atoms with E-state index in [1.807, 2.05) is 6.92 Å². The molecule has 1 amide bonds. The Balaban J connectivity index is 2.21. The second-order valence-corrected chi connectivity index (χ2v) is 5.00. The maximum absolute atomic E-state index is 11.8. The number of nitrogens with one attached hydrogen (secondary N) is 1. The van der Waals surface area contributed by atoms with Gasteiger partial charge in [0.15, 0.2) is 11.0 Å². The van der Waals surface area contributed by atoms with E-state index in [0.717, 1.165) is 5.01 Å². The van der Waals surface area contributed by atoms with Gasteiger partial charge in [0.2, 0.25) is 0 Å². The molecule has 0 unspecified atom stereocenters. The van der Waals surface area contributed by atoms with Crippen LogP contribution in [0, 0.1) is 6.92 Å². The molecular weight excluding hydrogens is 283 g/mol. The average Bonchev–Trinajstić information content (AvgIpc) is 2.72. The molecule has 17 heavy (non-hydrogen) atoms. The Labute approximate surface area is 111 Å². The third-order valence-electron chi connectivity index (χ3n) is 1.82. The molecule has 5 nitrogen and oxygen atoms in total. The minimum absolute atomic E-state index is 0.0949. The van der Waals surface area contributed by atoms with Crippen molar-refractivity contribution in [2.24, 2.45) is 0 Å². The van der Waals surface area contributed by atoms with Crippen LogP contribution in [0.1, 0.15) is 14.7 Å². The summed E-state index contributed by atoms with van der Waals surface area (Å²) in [4.78, 5) is 23.8. The van der Waals surface area contributed by atoms with Crippen molar-refractivity contribution in [3.05, 3.63) is 32.6 Å². The predicted molar refractivity (Wildman–Crippen MR) is 66.9 cm³/mol. The van der Waals surface area contributed by atoms with Crippen LogP contribution in [0.2, 0.25) is 10.2 Å². The summed E-state index contributed by atoms with van der Waals surface area (Å²) in [5, 5.41) is 3.56. The molecule has 0 aliphatic carbocycles. The van der Waals surface area contributed by atoms with Crippen LogP contribution in [0.15, 0.2) is 12.5 Å². The van der Waals surface area contributed by atoms with Crippen molar-refractivity contribution >= 4 is 46.3 Å². The van der Waals surface area contributed by atoms with Crippen molar-refractivity contribution in [1.82, 2.24) is 15.0 Å². The summed E-state index contributed by atoms with van der Waals surface area (Å²) in [5.41, 5.74) is 0. The molecule has 2 aromatic heterocycles. The number of carbonyl (C=O) groups is 1. The lowest BCUT2D eigenvalue weighted by Crippen LogP contribution is -2.12. The molecule has 0 fully saturated rings. The van der Waals surface area contributed by atoms with Gasteiger partial charge < -0.3 is 5.32 Å². The van der Waals surface area contributed by atoms with Gasteiger partial charge in [-0.15, -0.1) is 11.3 Å². The van der Waals surface area contributed by atoms with Crippen molar-refractivity contribution in [3.8, 4) is 0 Å². The highest BCUT2D eigenvalue weighted by atomic mass is 35.5. The second kappa shape index (κ2) is 4.95. The molecule has 88 valence electrons. The van der Waals surface area contributed by atoms with Crippen molar-refractivity contribution in [1.29, 1.82) is 0 Å². The van der Waals surface area contributed by atoms with E-state index < -0.39 is 0 Å². The Morgan fingerprint density at radius 1 is 1.35 bits per heavy atom. The highest BCUT2D eigenvalue weighted by Crippen LogP contribution is 2.26. The number of hydrogen-bond donors (Lipinski definition) is 1. The van der Waals surface area contributed by atoms with Gasteiger partial charge in [0, 0.05) is 0 Å². The van der Waals surface area contributed by atoms with Crippen molar-refractivity contribution < 1.29 is 4.79 Å². The van der Waals surface area contributed by atoms with Crippen molar-refractivity contribution in [2.75, 3.05) is 5.32 Å². The molecule has 2 heterocycles. The fourth-order valence-electron chi connectivity index (χ4n) is 1.07. The molecule has 0 aliphatic rings. The summed E-state index contributed by atoms with van der Waals surface area (Å²) in [6.07, 6.45) is 2.72. The minimum Gasteiger partial charge on any atom is -0.304 e. The van der Waals surface area contributed by atoms with Gasteiger partial charge in [0.1, 0.15) is 16.2 Å². The zero-order valence-corrected chi connectivity index (χ0v) is 10.9. The fourth-order valence-corrected chi connectivity index (χ4v) is 2.02. The van der Waals surface area contributed by atoms with Crippen LogP contribution in [0.5, 0.6) is 0 Å². The normalized spacial score (nSPS) is 10.3. The lowest BCUT2D eigenvalue weighted by Gasteiger charge is -2.04. The van der Waals surface area contributed by atoms with Crippen molar-refractivity contribution in [2.45, 2.75) is 6.92 Å². The number of aromatic nitrogens is 3. The monoisotopic (exact) mass is 288 g/mol. The summed E-state index contributed by atoms with van der Waals surface area (Å²) in [6.45, 7) is 1.82. The molecule has 0 aromatic carbocycles. The van der Waals surface area contributed by atoms with Crippen LogP contribution in [0.25, 0.3) is 0 Å². The number of rotatable bonds is 2. The van der Waals surface area contributed by atoms with Gasteiger partial charge in [-0.1, -0.05) is 23.2 Å². The van der Waals surface area contributed by atoms with E-state index in [2.05, 4.69) is 20.3 Å². The lowest BCUT2D eigenvalue weighted by molar-refractivity contribution is 0.103. The fraction of sp³-hybridized carbons (Fsp3) is 0.111. The van der Waals surface area contributed by atoms with Gasteiger partial charge in [0.05, 0.1) is 11.2 Å². The first-order valence-electron chi connectivity index (χ1n) is 4.47. The van der Waals surface area contributed by atoms with Gasteiger partial charge in [-0.05, 0) is 6.92 Å². The van der Waals surface area contributed by atoms with E-state index >= 15 is 0 Å². The van der Waals surface area contributed by atoms with Gasteiger partial charge in [0.25, 0.3) is 5.91 Å². The highest BCUT2D eigenvalue weighted by Gasteiger charge is 2.13. The molecule has 0 aliphatic heterocycles. The zero-order valence-electron chi connectivity index (χ0n) is 8.57. The van der Waals surface area contributed by atoms with E-state index in [-0.39, 0.29) is 21.9 Å². The Hall–Kier alpha value is -1.24. The number of aryl methyl sites for hydroxylation is 1. The number of halogens is 2. The summed E-state index contributed by atoms with van der Waals surface area (Å²) in [5.74, 6) is -0.144. The third kappa shape index (κ3) is 2.71. The molecular formula is C9H6Cl2N4OS. The van der Waals surface area contributed by atoms with Crippen LogP contribution in [0.3, 0.4) is 0 Å². The molecule has 0 saturated heterocycles. The van der Waals surface area contributed by atoms with Gasteiger partial charge in [-0.2, -0.15) is 0 Å². The smallest absolute Gasteiger partial charge is 0.268 e. The SMILES string of the molecule is Cc1ncc(C(=O)Nc2ncnc(Cl)c2Cl)s1. The first-order chi connectivity index (χ1) is 8.08. The average molecular weight is 289 g/mol. The summed E-state index contributed by atoms with van der Waals surface area (Å²) in [7, 11) is 0. The number of nitrogens with zero attached hydrogens (tertiary/aromatic N) is 3. The molecule has 0 spiro atoms. The molecule has 0 bridgehead atoms. The largest absolute Gasteiger partial charge is 0.304 e. The van der Waals surface area contributed by atoms with Gasteiger partial charge >= 0.3 is 0 Å². The van der Waals surface area contributed by atoms with Crippen LogP contribution in [-0.4, -0.2) is 20.9 Å². The Bertz CT molecular complexity index is 572. The van der Waals surface area contributed by atoms with Crippen LogP contribution in [0.4, 0.5) is 5.82 Å². The molecule has 2 rings (SSSR count). The first kappa shape index (κ1) is 12.2. The Morgan fingerprint density at radius 3 is 2.76 bits per heavy atom. The minimum atomic E-state index is -0.327. The topological polar surface area (TPSA) is 67.8 Å². The number of anilines is 1. The molecule has 8 heteroatoms. The maximum Gasteiger partial charge on any atom is 0.268 e. The van der Waals surface area contributed by atoms with Crippen molar-refractivity contribution in [3.63, 3.8) is 0 Å². The first-order valence-corrected chi connectivity index (χ1v) is 6.05. The number of hydrogen-bond acceptors (Lipinski definition) is 5. The van der Waals surface area contributed by atoms with Gasteiger partial charge in [-0.25, -0.2) is 15.0 Å². The Morgan fingerprint density at radius 2 is 2.12 bits per heavy atom. The second-order valence-electron chi connectivity index (χ2n) is 3.02. The molecule has 1 N–H and O–H groups in total. The summed E-state index contributed by atoms with van der Waals surface area (Å²) >= 11 is 12.8. The predicted octanol–water partition coefficient (Wildman–Crippen LogP) is 2.80. The molecule has 0 atom stereocenters. The van der Waals surface area contributed by atoms with E-state index in [9.17, 15) is 4.79 Å². The van der Waals surface area contributed by atoms with E-state index in [0.29, 0.717) is 4.88 Å². The van der Waals surface area contributed by atoms with Crippen LogP contribution in [-0.2, 0) is 0 Å². The third-order valence-corrected chi connectivity index (χ3v) is 3.48. The Kier molecular flexibility index (Phi) is 3.56. The standard InChI is InChI=1S/C9H6Cl2N4OS/c1-4-12-2-5(17-4)9(16)15-8-6(10)7(11)13-3-14-8/h2-3H,1H3,(H,13,14,15,16). The summed E-state index contributed by atoms with van der Waals surface area (Å²) in [6, 6.07) is 0. The summed E-state index contributed by atoms with van der Waals surface area (Å²) < 4.78 is 0. The van der Waals surface area contributed by atoms with E-state index in [4.69, 9.17) is 23.2 Å². The molecule has 0 saturated carbocycles. The lowest BCUT2D eigenvalue weighted by atomic mass is 10.5. The number of amides is 1. The van der Waals surface area contributed by atoms with E-state index in [1.54, 1.807) is 0 Å². The molecule has 2 aromatic rings. The molecule has 0 radical (unpaired) electrons. The maximum atomic E-state index is 11.8. The number of thiazole rings is 1. The number of carbonyl (C=O) groups excluding carboxylic acids is 1. The van der Waals surface area contributed by atoms with Gasteiger partial charge in [-0.3, -0.25) is 4.79 Å². The van der Waals surface area contributed by atoms with E-state index in [1.165, 1.54) is 23.9 Å². The quantitative estimate of drug-likeness (QED) is 0.863.